The van der Waals surface area contributed by atoms with Gasteiger partial charge in [-0.1, -0.05) is 25.1 Å². The number of nitrogens with two attached hydrogens (primary N) is 1. The SMILES string of the molecule is CCC(C)Oc1ccccc1-c1c(C(=O)O)c(N)[nH]c(=O)c1C(=O)O. The lowest BCUT2D eigenvalue weighted by molar-refractivity contribution is 0.0695. The zero-order valence-electron chi connectivity index (χ0n) is 13.7. The normalized spacial score (nSPS) is 11.8. The zero-order valence-corrected chi connectivity index (χ0v) is 13.7. The molecule has 1 heterocycles. The number of carboxylic acid groups (broad SMARTS) is 2. The Balaban J connectivity index is 2.90. The Morgan fingerprint density at radius 2 is 1.80 bits per heavy atom. The molecule has 1 atom stereocenters. The highest BCUT2D eigenvalue weighted by Crippen LogP contribution is 2.36. The average Bonchev–Trinajstić information content (AvgIpc) is 2.53. The number of rotatable bonds is 6. The summed E-state index contributed by atoms with van der Waals surface area (Å²) in [6.07, 6.45) is 0.491. The topological polar surface area (TPSA) is 143 Å². The van der Waals surface area contributed by atoms with Gasteiger partial charge in [-0.3, -0.25) is 4.79 Å². The van der Waals surface area contributed by atoms with Gasteiger partial charge >= 0.3 is 11.9 Å². The van der Waals surface area contributed by atoms with E-state index in [4.69, 9.17) is 10.5 Å². The number of benzene rings is 1. The maximum atomic E-state index is 12.1. The number of pyridine rings is 1. The van der Waals surface area contributed by atoms with E-state index in [0.717, 1.165) is 0 Å². The number of nitrogen functional groups attached to an aromatic ring is 1. The predicted octanol–water partition coefficient (Wildman–Crippen LogP) is 2.20. The van der Waals surface area contributed by atoms with Crippen LogP contribution in [0.2, 0.25) is 0 Å². The highest BCUT2D eigenvalue weighted by molar-refractivity contribution is 6.08. The van der Waals surface area contributed by atoms with Crippen LogP contribution in [0.5, 0.6) is 5.75 Å². The molecule has 0 radical (unpaired) electrons. The summed E-state index contributed by atoms with van der Waals surface area (Å²) < 4.78 is 5.76. The minimum absolute atomic E-state index is 0.176. The van der Waals surface area contributed by atoms with Crippen molar-refractivity contribution in [2.24, 2.45) is 0 Å². The third-order valence-corrected chi connectivity index (χ3v) is 3.73. The molecule has 0 saturated heterocycles. The number of nitrogens with one attached hydrogen (secondary N) is 1. The second kappa shape index (κ2) is 7.08. The number of ether oxygens (including phenoxy) is 1. The highest BCUT2D eigenvalue weighted by atomic mass is 16.5. The maximum Gasteiger partial charge on any atom is 0.342 e. The Morgan fingerprint density at radius 3 is 2.36 bits per heavy atom. The summed E-state index contributed by atoms with van der Waals surface area (Å²) in [6.45, 7) is 3.73. The molecule has 25 heavy (non-hydrogen) atoms. The zero-order chi connectivity index (χ0) is 18.7. The monoisotopic (exact) mass is 346 g/mol. The third kappa shape index (κ3) is 3.47. The van der Waals surface area contributed by atoms with Crippen LogP contribution in [-0.2, 0) is 0 Å². The van der Waals surface area contributed by atoms with Gasteiger partial charge in [0.2, 0.25) is 0 Å². The molecule has 0 aliphatic carbocycles. The van der Waals surface area contributed by atoms with Crippen molar-refractivity contribution in [3.63, 3.8) is 0 Å². The first-order valence-corrected chi connectivity index (χ1v) is 7.56. The number of hydrogen-bond acceptors (Lipinski definition) is 5. The van der Waals surface area contributed by atoms with E-state index in [9.17, 15) is 24.6 Å². The fourth-order valence-electron chi connectivity index (χ4n) is 2.39. The molecule has 0 fully saturated rings. The van der Waals surface area contributed by atoms with Crippen LogP contribution in [0, 0.1) is 0 Å². The second-order valence-corrected chi connectivity index (χ2v) is 5.44. The maximum absolute atomic E-state index is 12.1. The lowest BCUT2D eigenvalue weighted by Crippen LogP contribution is -2.24. The van der Waals surface area contributed by atoms with Crippen molar-refractivity contribution in [3.8, 4) is 16.9 Å². The van der Waals surface area contributed by atoms with Gasteiger partial charge in [0, 0.05) is 11.1 Å². The Bertz CT molecular complexity index is 887. The number of carboxylic acids is 2. The third-order valence-electron chi connectivity index (χ3n) is 3.73. The second-order valence-electron chi connectivity index (χ2n) is 5.44. The predicted molar refractivity (Wildman–Crippen MR) is 91.2 cm³/mol. The molecule has 1 aromatic carbocycles. The quantitative estimate of drug-likeness (QED) is 0.628. The lowest BCUT2D eigenvalue weighted by atomic mass is 9.94. The molecular formula is C17H18N2O6. The molecule has 8 heteroatoms. The molecule has 132 valence electrons. The van der Waals surface area contributed by atoms with E-state index >= 15 is 0 Å². The molecule has 2 rings (SSSR count). The summed E-state index contributed by atoms with van der Waals surface area (Å²) in [5.41, 5.74) is 3.36. The van der Waals surface area contributed by atoms with Crippen LogP contribution in [-0.4, -0.2) is 33.2 Å². The Labute approximate surface area is 142 Å². The van der Waals surface area contributed by atoms with Crippen molar-refractivity contribution in [3.05, 3.63) is 45.7 Å². The molecule has 0 spiro atoms. The minimum Gasteiger partial charge on any atom is -0.490 e. The van der Waals surface area contributed by atoms with Gasteiger partial charge in [0.05, 0.1) is 6.10 Å². The number of anilines is 1. The fraction of sp³-hybridized carbons (Fsp3) is 0.235. The Hall–Kier alpha value is -3.29. The fourth-order valence-corrected chi connectivity index (χ4v) is 2.39. The van der Waals surface area contributed by atoms with Crippen molar-refractivity contribution in [2.75, 3.05) is 5.73 Å². The largest absolute Gasteiger partial charge is 0.490 e. The summed E-state index contributed by atoms with van der Waals surface area (Å²) in [7, 11) is 0. The van der Waals surface area contributed by atoms with E-state index < -0.39 is 34.4 Å². The smallest absolute Gasteiger partial charge is 0.342 e. The molecule has 1 unspecified atom stereocenters. The number of aromatic nitrogens is 1. The van der Waals surface area contributed by atoms with Crippen LogP contribution in [0.25, 0.3) is 11.1 Å². The molecule has 0 amide bonds. The summed E-state index contributed by atoms with van der Waals surface area (Å²) in [6, 6.07) is 6.33. The van der Waals surface area contributed by atoms with Crippen LogP contribution in [0.15, 0.2) is 29.1 Å². The highest BCUT2D eigenvalue weighted by Gasteiger charge is 2.28. The lowest BCUT2D eigenvalue weighted by Gasteiger charge is -2.18. The molecular weight excluding hydrogens is 328 g/mol. The molecule has 2 aromatic rings. The summed E-state index contributed by atoms with van der Waals surface area (Å²) in [5, 5.41) is 18.9. The first kappa shape index (κ1) is 18.1. The molecule has 0 saturated carbocycles. The average molecular weight is 346 g/mol. The minimum atomic E-state index is -1.56. The first-order chi connectivity index (χ1) is 11.8. The van der Waals surface area contributed by atoms with E-state index in [0.29, 0.717) is 6.42 Å². The summed E-state index contributed by atoms with van der Waals surface area (Å²) >= 11 is 0. The van der Waals surface area contributed by atoms with E-state index in [1.165, 1.54) is 6.07 Å². The summed E-state index contributed by atoms with van der Waals surface area (Å²) in [5.74, 6) is -3.16. The Kier molecular flexibility index (Phi) is 5.11. The van der Waals surface area contributed by atoms with Crippen molar-refractivity contribution in [1.29, 1.82) is 0 Å². The van der Waals surface area contributed by atoms with Crippen LogP contribution >= 0.6 is 0 Å². The molecule has 8 nitrogen and oxygen atoms in total. The van der Waals surface area contributed by atoms with E-state index in [1.807, 2.05) is 13.8 Å². The van der Waals surface area contributed by atoms with E-state index in [2.05, 4.69) is 4.98 Å². The molecule has 0 aliphatic rings. The van der Waals surface area contributed by atoms with Crippen molar-refractivity contribution in [1.82, 2.24) is 4.98 Å². The van der Waals surface area contributed by atoms with Crippen LogP contribution in [0.1, 0.15) is 41.0 Å². The number of carbonyl (C=O) groups is 2. The van der Waals surface area contributed by atoms with Gasteiger partial charge in [-0.2, -0.15) is 0 Å². The van der Waals surface area contributed by atoms with E-state index in [-0.39, 0.29) is 23.0 Å². The standard InChI is InChI=1S/C17H18N2O6/c1-3-8(2)25-10-7-5-4-6-9(10)11-12(16(21)22)14(18)19-15(20)13(11)17(23)24/h4-8H,3H2,1-2H3,(H,21,22)(H,23,24)(H3,18,19,20). The number of hydrogen-bond donors (Lipinski definition) is 4. The van der Waals surface area contributed by atoms with Gasteiger partial charge in [-0.15, -0.1) is 0 Å². The molecule has 5 N–H and O–H groups in total. The molecule has 1 aromatic heterocycles. The van der Waals surface area contributed by atoms with Crippen LogP contribution in [0.3, 0.4) is 0 Å². The van der Waals surface area contributed by atoms with Crippen molar-refractivity contribution in [2.45, 2.75) is 26.4 Å². The molecule has 0 aliphatic heterocycles. The van der Waals surface area contributed by atoms with Crippen LogP contribution in [0.4, 0.5) is 5.82 Å². The van der Waals surface area contributed by atoms with Gasteiger partial charge in [0.15, 0.2) is 0 Å². The van der Waals surface area contributed by atoms with Gasteiger partial charge in [-0.05, 0) is 19.4 Å². The van der Waals surface area contributed by atoms with Gasteiger partial charge in [0.25, 0.3) is 5.56 Å². The first-order valence-electron chi connectivity index (χ1n) is 7.56. The van der Waals surface area contributed by atoms with Crippen molar-refractivity contribution < 1.29 is 24.5 Å². The number of aromatic amines is 1. The molecule has 0 bridgehead atoms. The van der Waals surface area contributed by atoms with Crippen molar-refractivity contribution >= 4 is 17.8 Å². The summed E-state index contributed by atoms with van der Waals surface area (Å²) in [4.78, 5) is 37.4. The van der Waals surface area contributed by atoms with Gasteiger partial charge < -0.3 is 25.7 Å². The van der Waals surface area contributed by atoms with E-state index in [1.54, 1.807) is 18.2 Å². The number of aromatic carboxylic acids is 2. The number of H-pyrrole nitrogens is 1. The number of para-hydroxylation sites is 1. The van der Waals surface area contributed by atoms with Gasteiger partial charge in [0.1, 0.15) is 22.7 Å². The van der Waals surface area contributed by atoms with Gasteiger partial charge in [-0.25, -0.2) is 9.59 Å². The van der Waals surface area contributed by atoms with Crippen LogP contribution < -0.4 is 16.0 Å². The Morgan fingerprint density at radius 1 is 1.20 bits per heavy atom.